The largest absolute Gasteiger partial charge is 0.370 e. The maximum Gasteiger partial charge on any atom is 0.245 e. The molecule has 0 bridgehead atoms. The zero-order valence-corrected chi connectivity index (χ0v) is 11.9. The Bertz CT molecular complexity index is 274. The van der Waals surface area contributed by atoms with Gasteiger partial charge in [0.1, 0.15) is 5.54 Å². The molecule has 6 nitrogen and oxygen atoms in total. The van der Waals surface area contributed by atoms with Crippen molar-refractivity contribution in [2.24, 2.45) is 5.73 Å². The lowest BCUT2D eigenvalue weighted by molar-refractivity contribution is -0.126. The van der Waals surface area contributed by atoms with Crippen molar-refractivity contribution in [2.75, 3.05) is 13.1 Å². The van der Waals surface area contributed by atoms with Crippen LogP contribution in [0, 0.1) is 5.41 Å². The van der Waals surface area contributed by atoms with Gasteiger partial charge in [0.25, 0.3) is 0 Å². The number of nitrogens with two attached hydrogens (primary N) is 1. The Morgan fingerprint density at radius 1 is 1.39 bits per heavy atom. The molecule has 0 spiro atoms. The van der Waals surface area contributed by atoms with Gasteiger partial charge in [0.05, 0.1) is 0 Å². The summed E-state index contributed by atoms with van der Waals surface area (Å²) in [5, 5.41) is 12.9. The van der Waals surface area contributed by atoms with Crippen molar-refractivity contribution in [1.82, 2.24) is 15.5 Å². The Kier molecular flexibility index (Phi) is 8.49. The van der Waals surface area contributed by atoms with Crippen LogP contribution in [0.2, 0.25) is 0 Å². The molecule has 1 atom stereocenters. The second kappa shape index (κ2) is 8.99. The standard InChI is InChI=1S/C11H24ClN5O/c1-3-7-15-9(18)11(2,17-10(13)14)6-4-5-8-16-12/h16H,3-8H2,1-2H3,(H,15,18)(H4,13,14,17). The van der Waals surface area contributed by atoms with Gasteiger partial charge in [-0.1, -0.05) is 6.92 Å². The number of rotatable bonds is 9. The molecule has 0 heterocycles. The summed E-state index contributed by atoms with van der Waals surface area (Å²) in [6.45, 7) is 5.06. The predicted molar refractivity (Wildman–Crippen MR) is 74.5 cm³/mol. The van der Waals surface area contributed by atoms with Gasteiger partial charge < -0.3 is 16.4 Å². The summed E-state index contributed by atoms with van der Waals surface area (Å²) in [5.41, 5.74) is 4.49. The molecule has 0 aromatic carbocycles. The number of amides is 1. The molecule has 1 unspecified atom stereocenters. The van der Waals surface area contributed by atoms with Crippen molar-refractivity contribution < 1.29 is 4.79 Å². The van der Waals surface area contributed by atoms with Gasteiger partial charge in [-0.05, 0) is 44.4 Å². The van der Waals surface area contributed by atoms with E-state index in [4.69, 9.17) is 22.9 Å². The van der Waals surface area contributed by atoms with Crippen LogP contribution in [0.1, 0.15) is 39.5 Å². The quantitative estimate of drug-likeness (QED) is 0.185. The van der Waals surface area contributed by atoms with Crippen LogP contribution in [0.15, 0.2) is 0 Å². The topological polar surface area (TPSA) is 103 Å². The lowest BCUT2D eigenvalue weighted by atomic mass is 9.93. The van der Waals surface area contributed by atoms with E-state index in [1.54, 1.807) is 6.92 Å². The Morgan fingerprint density at radius 2 is 2.06 bits per heavy atom. The molecule has 0 aromatic rings. The van der Waals surface area contributed by atoms with Gasteiger partial charge in [0.15, 0.2) is 5.96 Å². The summed E-state index contributed by atoms with van der Waals surface area (Å²) in [6.07, 6.45) is 3.15. The molecule has 0 saturated heterocycles. The summed E-state index contributed by atoms with van der Waals surface area (Å²) < 4.78 is 0. The van der Waals surface area contributed by atoms with Crippen molar-refractivity contribution in [3.63, 3.8) is 0 Å². The smallest absolute Gasteiger partial charge is 0.245 e. The molecule has 0 radical (unpaired) electrons. The molecule has 0 aliphatic rings. The number of unbranched alkanes of at least 4 members (excludes halogenated alkanes) is 1. The fraction of sp³-hybridized carbons (Fsp3) is 0.818. The number of nitrogens with one attached hydrogen (secondary N) is 4. The normalized spacial score (nSPS) is 13.7. The van der Waals surface area contributed by atoms with Crippen LogP contribution in [-0.2, 0) is 4.79 Å². The van der Waals surface area contributed by atoms with E-state index in [1.807, 2.05) is 6.92 Å². The zero-order chi connectivity index (χ0) is 14.0. The fourth-order valence-electron chi connectivity index (χ4n) is 1.63. The highest BCUT2D eigenvalue weighted by atomic mass is 35.5. The molecule has 1 amide bonds. The van der Waals surface area contributed by atoms with E-state index in [0.29, 0.717) is 19.5 Å². The van der Waals surface area contributed by atoms with Crippen molar-refractivity contribution in [1.29, 1.82) is 5.41 Å². The number of halogens is 1. The first-order valence-electron chi connectivity index (χ1n) is 6.20. The predicted octanol–water partition coefficient (Wildman–Crippen LogP) is 0.668. The Labute approximate surface area is 114 Å². The highest BCUT2D eigenvalue weighted by molar-refractivity contribution is 6.13. The molecular formula is C11H24ClN5O. The monoisotopic (exact) mass is 277 g/mol. The minimum absolute atomic E-state index is 0.126. The zero-order valence-electron chi connectivity index (χ0n) is 11.1. The van der Waals surface area contributed by atoms with E-state index in [2.05, 4.69) is 15.5 Å². The van der Waals surface area contributed by atoms with Crippen LogP contribution in [0.5, 0.6) is 0 Å². The van der Waals surface area contributed by atoms with Crippen LogP contribution < -0.4 is 21.2 Å². The molecule has 7 heteroatoms. The van der Waals surface area contributed by atoms with Crippen molar-refractivity contribution in [3.8, 4) is 0 Å². The molecule has 0 aliphatic heterocycles. The second-order valence-electron chi connectivity index (χ2n) is 4.47. The number of carbonyl (C=O) groups is 1. The van der Waals surface area contributed by atoms with Gasteiger partial charge in [-0.3, -0.25) is 10.2 Å². The van der Waals surface area contributed by atoms with E-state index in [0.717, 1.165) is 19.3 Å². The number of hydrogen-bond donors (Lipinski definition) is 5. The van der Waals surface area contributed by atoms with E-state index in [9.17, 15) is 4.79 Å². The molecule has 6 N–H and O–H groups in total. The van der Waals surface area contributed by atoms with Crippen LogP contribution in [0.4, 0.5) is 0 Å². The summed E-state index contributed by atoms with van der Waals surface area (Å²) in [4.78, 5) is 14.6. The van der Waals surface area contributed by atoms with Crippen molar-refractivity contribution in [3.05, 3.63) is 0 Å². The average molecular weight is 278 g/mol. The number of hydrogen-bond acceptors (Lipinski definition) is 3. The lowest BCUT2D eigenvalue weighted by Gasteiger charge is -2.29. The highest BCUT2D eigenvalue weighted by Gasteiger charge is 2.32. The molecule has 0 fully saturated rings. The van der Waals surface area contributed by atoms with Gasteiger partial charge in [0.2, 0.25) is 5.91 Å². The first kappa shape index (κ1) is 17.0. The van der Waals surface area contributed by atoms with Gasteiger partial charge >= 0.3 is 0 Å². The van der Waals surface area contributed by atoms with Crippen LogP contribution in [0.3, 0.4) is 0 Å². The summed E-state index contributed by atoms with van der Waals surface area (Å²) in [7, 11) is 0. The van der Waals surface area contributed by atoms with Crippen LogP contribution >= 0.6 is 11.8 Å². The first-order valence-corrected chi connectivity index (χ1v) is 6.58. The lowest BCUT2D eigenvalue weighted by Crippen LogP contribution is -2.58. The number of guanidine groups is 1. The molecule has 0 rings (SSSR count). The van der Waals surface area contributed by atoms with Gasteiger partial charge in [-0.15, -0.1) is 0 Å². The SMILES string of the molecule is CCCNC(=O)C(C)(CCCCNCl)NC(=N)N. The second-order valence-corrected chi connectivity index (χ2v) is 4.73. The molecule has 0 aromatic heterocycles. The fourth-order valence-corrected chi connectivity index (χ4v) is 1.77. The molecular weight excluding hydrogens is 254 g/mol. The summed E-state index contributed by atoms with van der Waals surface area (Å²) >= 11 is 5.37. The minimum Gasteiger partial charge on any atom is -0.370 e. The van der Waals surface area contributed by atoms with Crippen LogP contribution in [-0.4, -0.2) is 30.5 Å². The maximum absolute atomic E-state index is 12.1. The minimum atomic E-state index is -0.840. The molecule has 0 saturated carbocycles. The summed E-state index contributed by atoms with van der Waals surface area (Å²) in [5.74, 6) is -0.321. The van der Waals surface area contributed by atoms with E-state index in [-0.39, 0.29) is 11.9 Å². The van der Waals surface area contributed by atoms with Gasteiger partial charge in [-0.2, -0.15) is 0 Å². The number of carbonyl (C=O) groups excluding carboxylic acids is 1. The first-order chi connectivity index (χ1) is 8.46. The Morgan fingerprint density at radius 3 is 2.56 bits per heavy atom. The third-order valence-electron chi connectivity index (χ3n) is 2.65. The maximum atomic E-state index is 12.1. The summed E-state index contributed by atoms with van der Waals surface area (Å²) in [6, 6.07) is 0. The average Bonchev–Trinajstić information content (AvgIpc) is 2.30. The molecule has 18 heavy (non-hydrogen) atoms. The molecule has 106 valence electrons. The third-order valence-corrected chi connectivity index (χ3v) is 2.83. The van der Waals surface area contributed by atoms with Crippen LogP contribution in [0.25, 0.3) is 0 Å². The van der Waals surface area contributed by atoms with Crippen molar-refractivity contribution >= 4 is 23.6 Å². The Balaban J connectivity index is 4.40. The van der Waals surface area contributed by atoms with Gasteiger partial charge in [0, 0.05) is 13.1 Å². The molecule has 0 aliphatic carbocycles. The highest BCUT2D eigenvalue weighted by Crippen LogP contribution is 2.14. The van der Waals surface area contributed by atoms with Gasteiger partial charge in [-0.25, -0.2) is 4.84 Å². The van der Waals surface area contributed by atoms with E-state index >= 15 is 0 Å². The Hall–Kier alpha value is -1.01. The van der Waals surface area contributed by atoms with E-state index in [1.165, 1.54) is 0 Å². The van der Waals surface area contributed by atoms with Crippen molar-refractivity contribution in [2.45, 2.75) is 45.1 Å². The third kappa shape index (κ3) is 6.66. The van der Waals surface area contributed by atoms with E-state index < -0.39 is 5.54 Å².